The molecule has 17 heavy (non-hydrogen) atoms. The van der Waals surface area contributed by atoms with Crippen molar-refractivity contribution in [3.63, 3.8) is 0 Å². The van der Waals surface area contributed by atoms with Crippen LogP contribution in [0.3, 0.4) is 0 Å². The van der Waals surface area contributed by atoms with Crippen molar-refractivity contribution >= 4 is 22.1 Å². The van der Waals surface area contributed by atoms with Crippen molar-refractivity contribution in [2.75, 3.05) is 13.2 Å². The quantitative estimate of drug-likeness (QED) is 0.155. The van der Waals surface area contributed by atoms with E-state index in [0.717, 1.165) is 0 Å². The van der Waals surface area contributed by atoms with Gasteiger partial charge in [-0.05, 0) is 13.3 Å². The number of hydrogen-bond donors (Lipinski definition) is 4. The molecule has 0 fully saturated rings. The van der Waals surface area contributed by atoms with Crippen molar-refractivity contribution in [2.45, 2.75) is 19.8 Å². The van der Waals surface area contributed by atoms with Gasteiger partial charge in [-0.15, -0.1) is 0 Å². The molecule has 0 saturated heterocycles. The summed E-state index contributed by atoms with van der Waals surface area (Å²) in [6, 6.07) is 0. The van der Waals surface area contributed by atoms with Crippen LogP contribution in [0.15, 0.2) is 5.16 Å². The molecule has 0 aromatic carbocycles. The van der Waals surface area contributed by atoms with E-state index in [1.807, 2.05) is 0 Å². The zero-order chi connectivity index (χ0) is 13.3. The maximum Gasteiger partial charge on any atom is 0.421 e. The molecular weight excluding hydrogens is 252 g/mol. The number of rotatable bonds is 7. The molecule has 100 valence electrons. The zero-order valence-electron chi connectivity index (χ0n) is 9.34. The predicted octanol–water partition coefficient (Wildman–Crippen LogP) is -0.906. The van der Waals surface area contributed by atoms with E-state index in [9.17, 15) is 13.2 Å². The smallest absolute Gasteiger partial charge is 0.421 e. The Bertz CT molecular complexity index is 366. The van der Waals surface area contributed by atoms with E-state index in [4.69, 9.17) is 10.9 Å². The van der Waals surface area contributed by atoms with Gasteiger partial charge in [0.25, 0.3) is 0 Å². The van der Waals surface area contributed by atoms with Crippen molar-refractivity contribution < 1.29 is 23.2 Å². The first-order chi connectivity index (χ1) is 7.91. The Morgan fingerprint density at radius 3 is 2.71 bits per heavy atom. The molecule has 0 spiro atoms. The lowest BCUT2D eigenvalue weighted by molar-refractivity contribution is 0.158. The van der Waals surface area contributed by atoms with Gasteiger partial charge in [0, 0.05) is 13.0 Å². The highest BCUT2D eigenvalue weighted by Crippen LogP contribution is 1.89. The summed E-state index contributed by atoms with van der Waals surface area (Å²) in [5, 5.41) is 10.9. The van der Waals surface area contributed by atoms with Crippen molar-refractivity contribution in [1.29, 1.82) is 0 Å². The molecule has 0 aromatic rings. The van der Waals surface area contributed by atoms with Crippen molar-refractivity contribution in [1.82, 2.24) is 9.44 Å². The summed E-state index contributed by atoms with van der Waals surface area (Å²) in [6.07, 6.45) is -0.477. The number of nitrogens with two attached hydrogens (primary N) is 1. The summed E-state index contributed by atoms with van der Waals surface area (Å²) in [5.41, 5.74) is 5.18. The second-order valence-electron chi connectivity index (χ2n) is 2.92. The number of carbonyl (C=O) groups is 1. The molecule has 0 aliphatic heterocycles. The van der Waals surface area contributed by atoms with E-state index < -0.39 is 16.3 Å². The number of nitrogens with one attached hydrogen (secondary N) is 2. The van der Waals surface area contributed by atoms with Crippen LogP contribution in [0.25, 0.3) is 0 Å². The Hall–Kier alpha value is -1.55. The average molecular weight is 268 g/mol. The largest absolute Gasteiger partial charge is 0.449 e. The first-order valence-electron chi connectivity index (χ1n) is 4.82. The zero-order valence-corrected chi connectivity index (χ0v) is 10.2. The summed E-state index contributed by atoms with van der Waals surface area (Å²) in [4.78, 5) is 10.8. The van der Waals surface area contributed by atoms with Crippen molar-refractivity contribution in [3.05, 3.63) is 0 Å². The minimum Gasteiger partial charge on any atom is -0.449 e. The minimum absolute atomic E-state index is 0.00236. The fraction of sp³-hybridized carbons (Fsp3) is 0.714. The molecule has 10 heteroatoms. The van der Waals surface area contributed by atoms with Crippen LogP contribution in [-0.2, 0) is 14.9 Å². The lowest BCUT2D eigenvalue weighted by Crippen LogP contribution is -2.41. The Balaban J connectivity index is 3.90. The molecule has 0 rings (SSSR count). The maximum atomic E-state index is 11.2. The minimum atomic E-state index is -3.93. The first-order valence-corrected chi connectivity index (χ1v) is 6.30. The van der Waals surface area contributed by atoms with E-state index in [1.165, 1.54) is 0 Å². The third-order valence-electron chi connectivity index (χ3n) is 1.52. The Labute approximate surface area is 99.2 Å². The molecule has 0 atom stereocenters. The van der Waals surface area contributed by atoms with Gasteiger partial charge in [0.15, 0.2) is 0 Å². The molecule has 0 bridgehead atoms. The van der Waals surface area contributed by atoms with E-state index in [1.54, 1.807) is 11.6 Å². The maximum absolute atomic E-state index is 11.2. The third-order valence-corrected chi connectivity index (χ3v) is 2.54. The number of carbonyl (C=O) groups excluding carboxylic acids is 1. The van der Waals surface area contributed by atoms with Crippen LogP contribution in [0.2, 0.25) is 0 Å². The van der Waals surface area contributed by atoms with Gasteiger partial charge in [-0.1, -0.05) is 5.16 Å². The molecule has 0 aliphatic rings. The highest BCUT2D eigenvalue weighted by molar-refractivity contribution is 7.88. The number of hydrogen-bond acceptors (Lipinski definition) is 6. The first kappa shape index (κ1) is 15.4. The lowest BCUT2D eigenvalue weighted by atomic mass is 10.3. The van der Waals surface area contributed by atoms with Crippen LogP contribution in [0, 0.1) is 0 Å². The highest BCUT2D eigenvalue weighted by atomic mass is 32.2. The summed E-state index contributed by atoms with van der Waals surface area (Å²) < 4.78 is 30.5. The van der Waals surface area contributed by atoms with Gasteiger partial charge in [-0.25, -0.2) is 9.52 Å². The fourth-order valence-electron chi connectivity index (χ4n) is 0.832. The summed E-state index contributed by atoms with van der Waals surface area (Å²) in [7, 11) is -3.93. The molecule has 0 radical (unpaired) electrons. The van der Waals surface area contributed by atoms with Crippen LogP contribution in [-0.4, -0.2) is 38.7 Å². The Kier molecular flexibility index (Phi) is 6.98. The molecule has 9 nitrogen and oxygen atoms in total. The predicted molar refractivity (Wildman–Crippen MR) is 59.7 cm³/mol. The van der Waals surface area contributed by atoms with Crippen LogP contribution >= 0.6 is 0 Å². The molecule has 1 amide bonds. The lowest BCUT2D eigenvalue weighted by Gasteiger charge is -2.07. The molecule has 0 saturated carbocycles. The average Bonchev–Trinajstić information content (AvgIpc) is 2.23. The number of amides is 1. The number of ether oxygens (including phenoxy) is 1. The third kappa shape index (κ3) is 8.28. The van der Waals surface area contributed by atoms with Gasteiger partial charge in [0.2, 0.25) is 0 Å². The van der Waals surface area contributed by atoms with Gasteiger partial charge in [-0.3, -0.25) is 0 Å². The Morgan fingerprint density at radius 2 is 2.18 bits per heavy atom. The fourth-order valence-corrected chi connectivity index (χ4v) is 1.60. The SMILES string of the molecule is CCOC(=O)NS(=O)(=O)NCCCC(N)=NO. The molecule has 0 heterocycles. The van der Waals surface area contributed by atoms with Crippen LogP contribution in [0.4, 0.5) is 4.79 Å². The van der Waals surface area contributed by atoms with E-state index >= 15 is 0 Å². The second-order valence-corrected chi connectivity index (χ2v) is 4.41. The van der Waals surface area contributed by atoms with E-state index in [2.05, 4.69) is 14.6 Å². The van der Waals surface area contributed by atoms with Gasteiger partial charge in [-0.2, -0.15) is 13.1 Å². The van der Waals surface area contributed by atoms with Gasteiger partial charge >= 0.3 is 16.3 Å². The normalized spacial score (nSPS) is 12.2. The molecule has 0 aliphatic carbocycles. The molecule has 0 aromatic heterocycles. The van der Waals surface area contributed by atoms with Gasteiger partial charge < -0.3 is 15.7 Å². The van der Waals surface area contributed by atoms with Crippen LogP contribution in [0.1, 0.15) is 19.8 Å². The number of oxime groups is 1. The summed E-state index contributed by atoms with van der Waals surface area (Å²) >= 11 is 0. The number of nitrogens with zero attached hydrogens (tertiary/aromatic N) is 1. The molecule has 5 N–H and O–H groups in total. The Morgan fingerprint density at radius 1 is 1.53 bits per heavy atom. The molecular formula is C7H16N4O5S. The summed E-state index contributed by atoms with van der Waals surface area (Å²) in [5.74, 6) is 0.00236. The number of amidine groups is 1. The van der Waals surface area contributed by atoms with Gasteiger partial charge in [0.05, 0.1) is 6.61 Å². The standard InChI is InChI=1S/C7H16N4O5S/c1-2-16-7(12)11-17(14,15)9-5-3-4-6(8)10-13/h9,13H,2-5H2,1H3,(H2,8,10)(H,11,12). The monoisotopic (exact) mass is 268 g/mol. The highest BCUT2D eigenvalue weighted by Gasteiger charge is 2.13. The van der Waals surface area contributed by atoms with Crippen LogP contribution < -0.4 is 15.2 Å². The van der Waals surface area contributed by atoms with Gasteiger partial charge in [0.1, 0.15) is 5.84 Å². The van der Waals surface area contributed by atoms with E-state index in [0.29, 0.717) is 6.42 Å². The van der Waals surface area contributed by atoms with Crippen molar-refractivity contribution in [3.8, 4) is 0 Å². The van der Waals surface area contributed by atoms with Crippen molar-refractivity contribution in [2.24, 2.45) is 10.9 Å². The topological polar surface area (TPSA) is 143 Å². The molecule has 0 unspecified atom stereocenters. The van der Waals surface area contributed by atoms with Crippen LogP contribution in [0.5, 0.6) is 0 Å². The second kappa shape index (κ2) is 7.68. The summed E-state index contributed by atoms with van der Waals surface area (Å²) in [6.45, 7) is 1.67. The van der Waals surface area contributed by atoms with E-state index in [-0.39, 0.29) is 25.4 Å².